The summed E-state index contributed by atoms with van der Waals surface area (Å²) in [5, 5.41) is 5.59. The van der Waals surface area contributed by atoms with Crippen molar-refractivity contribution in [2.45, 2.75) is 12.8 Å². The van der Waals surface area contributed by atoms with Crippen LogP contribution in [0.3, 0.4) is 0 Å². The molecule has 1 atom stereocenters. The molecule has 0 aromatic heterocycles. The Kier molecular flexibility index (Phi) is 6.14. The number of carbonyl (C=O) groups excluding carboxylic acids is 1. The summed E-state index contributed by atoms with van der Waals surface area (Å²) >= 11 is 0. The van der Waals surface area contributed by atoms with Gasteiger partial charge in [0.15, 0.2) is 11.6 Å². The first-order valence-electron chi connectivity index (χ1n) is 12.3. The first-order valence-corrected chi connectivity index (χ1v) is 12.3. The second kappa shape index (κ2) is 9.90. The maximum absolute atomic E-state index is 14.2. The van der Waals surface area contributed by atoms with Crippen molar-refractivity contribution in [2.24, 2.45) is 0 Å². The molecular weight excluding hydrogens is 479 g/mol. The summed E-state index contributed by atoms with van der Waals surface area (Å²) in [6.07, 6.45) is -0.499. The van der Waals surface area contributed by atoms with Crippen LogP contribution >= 0.6 is 0 Å². The fraction of sp³-hybridized carbons (Fsp3) is 0.0938. The van der Waals surface area contributed by atoms with Crippen molar-refractivity contribution in [3.05, 3.63) is 132 Å². The third-order valence-electron chi connectivity index (χ3n) is 6.79. The predicted octanol–water partition coefficient (Wildman–Crippen LogP) is 7.34. The van der Waals surface area contributed by atoms with Crippen molar-refractivity contribution >= 4 is 28.1 Å². The van der Waals surface area contributed by atoms with E-state index in [1.807, 2.05) is 84.9 Å². The molecule has 1 aliphatic heterocycles. The molecule has 0 fully saturated rings. The lowest BCUT2D eigenvalue weighted by atomic mass is 9.99. The van der Waals surface area contributed by atoms with Gasteiger partial charge >= 0.3 is 0 Å². The minimum Gasteiger partial charge on any atom is -0.496 e. The second-order valence-electron chi connectivity index (χ2n) is 9.06. The zero-order chi connectivity index (χ0) is 26.1. The van der Waals surface area contributed by atoms with Crippen molar-refractivity contribution < 1.29 is 18.7 Å². The Hall–Kier alpha value is -4.84. The van der Waals surface area contributed by atoms with E-state index in [0.717, 1.165) is 33.3 Å². The lowest BCUT2D eigenvalue weighted by molar-refractivity contribution is 0.0975. The zero-order valence-electron chi connectivity index (χ0n) is 20.7. The van der Waals surface area contributed by atoms with Crippen LogP contribution in [0.25, 0.3) is 10.8 Å². The molecule has 5 nitrogen and oxygen atoms in total. The maximum atomic E-state index is 14.2. The van der Waals surface area contributed by atoms with E-state index >= 15 is 0 Å². The van der Waals surface area contributed by atoms with Crippen molar-refractivity contribution in [2.75, 3.05) is 17.3 Å². The number of benzene rings is 5. The highest BCUT2D eigenvalue weighted by molar-refractivity contribution is 6.15. The molecule has 188 valence electrons. The standard InChI is InChI=1S/C32H25FN2O3/c1-37-29-18-17-22(19-23(29)20-38-30-16-7-5-13-26(30)33)31-34-27-14-6-4-12-25(27)32(36)35(31)28-15-8-10-21-9-2-3-11-24(21)28/h2-19,31,34H,20H2,1H3. The van der Waals surface area contributed by atoms with Crippen LogP contribution in [0.5, 0.6) is 11.5 Å². The van der Waals surface area contributed by atoms with Crippen LogP contribution in [0.2, 0.25) is 0 Å². The second-order valence-corrected chi connectivity index (χ2v) is 9.06. The molecule has 0 saturated carbocycles. The fourth-order valence-electron chi connectivity index (χ4n) is 4.95. The van der Waals surface area contributed by atoms with Crippen molar-refractivity contribution in [3.63, 3.8) is 0 Å². The molecule has 0 bridgehead atoms. The normalized spacial score (nSPS) is 14.6. The Labute approximate surface area is 220 Å². The number of rotatable bonds is 6. The highest BCUT2D eigenvalue weighted by Crippen LogP contribution is 2.40. The summed E-state index contributed by atoms with van der Waals surface area (Å²) in [5.41, 5.74) is 3.75. The topological polar surface area (TPSA) is 50.8 Å². The van der Waals surface area contributed by atoms with Gasteiger partial charge in [-0.25, -0.2) is 4.39 Å². The first kappa shape index (κ1) is 23.6. The molecule has 38 heavy (non-hydrogen) atoms. The molecule has 5 aromatic rings. The lowest BCUT2D eigenvalue weighted by Crippen LogP contribution is -2.43. The highest BCUT2D eigenvalue weighted by atomic mass is 19.1. The van der Waals surface area contributed by atoms with Crippen LogP contribution in [0, 0.1) is 5.82 Å². The molecule has 6 heteroatoms. The number of nitrogens with zero attached hydrogens (tertiary/aromatic N) is 1. The summed E-state index contributed by atoms with van der Waals surface area (Å²) < 4.78 is 25.6. The number of amides is 1. The Morgan fingerprint density at radius 2 is 1.61 bits per heavy atom. The van der Waals surface area contributed by atoms with Gasteiger partial charge in [0, 0.05) is 16.6 Å². The number of ether oxygens (including phenoxy) is 2. The molecule has 0 spiro atoms. The summed E-state index contributed by atoms with van der Waals surface area (Å²) in [7, 11) is 1.59. The Morgan fingerprint density at radius 3 is 2.47 bits per heavy atom. The van der Waals surface area contributed by atoms with Crippen LogP contribution in [-0.2, 0) is 6.61 Å². The SMILES string of the molecule is COc1ccc(C2Nc3ccccc3C(=O)N2c2cccc3ccccc23)cc1COc1ccccc1F. The number of para-hydroxylation sites is 2. The Morgan fingerprint density at radius 1 is 0.842 bits per heavy atom. The number of anilines is 2. The van der Waals surface area contributed by atoms with Gasteiger partial charge in [0.2, 0.25) is 0 Å². The third-order valence-corrected chi connectivity index (χ3v) is 6.79. The van der Waals surface area contributed by atoms with Crippen molar-refractivity contribution in [1.29, 1.82) is 0 Å². The molecule has 1 amide bonds. The highest BCUT2D eigenvalue weighted by Gasteiger charge is 2.35. The number of fused-ring (bicyclic) bond motifs is 2. The molecule has 1 N–H and O–H groups in total. The van der Waals surface area contributed by atoms with Crippen LogP contribution in [0.4, 0.5) is 15.8 Å². The first-order chi connectivity index (χ1) is 18.6. The fourth-order valence-corrected chi connectivity index (χ4v) is 4.95. The summed E-state index contributed by atoms with van der Waals surface area (Å²) in [6.45, 7) is 0.101. The zero-order valence-corrected chi connectivity index (χ0v) is 20.7. The smallest absolute Gasteiger partial charge is 0.262 e. The molecule has 1 aliphatic rings. The predicted molar refractivity (Wildman–Crippen MR) is 147 cm³/mol. The quantitative estimate of drug-likeness (QED) is 0.263. The molecular formula is C32H25FN2O3. The number of methoxy groups -OCH3 is 1. The monoisotopic (exact) mass is 504 g/mol. The average Bonchev–Trinajstić information content (AvgIpc) is 2.96. The number of hydrogen-bond donors (Lipinski definition) is 1. The minimum atomic E-state index is -0.499. The molecule has 5 aromatic carbocycles. The molecule has 6 rings (SSSR count). The summed E-state index contributed by atoms with van der Waals surface area (Å²) in [6, 6.07) is 33.5. The van der Waals surface area contributed by atoms with E-state index in [-0.39, 0.29) is 18.3 Å². The summed E-state index contributed by atoms with van der Waals surface area (Å²) in [5.74, 6) is 0.253. The molecule has 0 radical (unpaired) electrons. The Balaban J connectivity index is 1.45. The largest absolute Gasteiger partial charge is 0.496 e. The average molecular weight is 505 g/mol. The van der Waals surface area contributed by atoms with Crippen molar-refractivity contribution in [3.8, 4) is 11.5 Å². The van der Waals surface area contributed by atoms with Gasteiger partial charge in [0.1, 0.15) is 18.5 Å². The van der Waals surface area contributed by atoms with Crippen LogP contribution in [0.1, 0.15) is 27.7 Å². The number of nitrogens with one attached hydrogen (secondary N) is 1. The molecule has 1 heterocycles. The van der Waals surface area contributed by atoms with Gasteiger partial charge in [-0.05, 0) is 53.4 Å². The van der Waals surface area contributed by atoms with Crippen LogP contribution in [-0.4, -0.2) is 13.0 Å². The van der Waals surface area contributed by atoms with E-state index in [2.05, 4.69) is 5.32 Å². The maximum Gasteiger partial charge on any atom is 0.262 e. The molecule has 1 unspecified atom stereocenters. The van der Waals surface area contributed by atoms with Gasteiger partial charge in [-0.1, -0.05) is 66.7 Å². The van der Waals surface area contributed by atoms with Gasteiger partial charge in [-0.3, -0.25) is 9.69 Å². The van der Waals surface area contributed by atoms with Crippen LogP contribution < -0.4 is 19.7 Å². The van der Waals surface area contributed by atoms with E-state index < -0.39 is 12.0 Å². The lowest BCUT2D eigenvalue weighted by Gasteiger charge is -2.39. The van der Waals surface area contributed by atoms with Gasteiger partial charge in [-0.15, -0.1) is 0 Å². The molecule has 0 saturated heterocycles. The Bertz CT molecular complexity index is 1650. The van der Waals surface area contributed by atoms with Gasteiger partial charge in [0.25, 0.3) is 5.91 Å². The van der Waals surface area contributed by atoms with Crippen LogP contribution in [0.15, 0.2) is 109 Å². The third kappa shape index (κ3) is 4.20. The van der Waals surface area contributed by atoms with Gasteiger partial charge in [0.05, 0.1) is 18.4 Å². The van der Waals surface area contributed by atoms with E-state index in [9.17, 15) is 9.18 Å². The number of halogens is 1. The van der Waals surface area contributed by atoms with E-state index in [4.69, 9.17) is 9.47 Å². The van der Waals surface area contributed by atoms with Gasteiger partial charge in [-0.2, -0.15) is 0 Å². The van der Waals surface area contributed by atoms with E-state index in [0.29, 0.717) is 11.3 Å². The molecule has 0 aliphatic carbocycles. The van der Waals surface area contributed by atoms with Crippen molar-refractivity contribution in [1.82, 2.24) is 0 Å². The summed E-state index contributed by atoms with van der Waals surface area (Å²) in [4.78, 5) is 15.8. The minimum absolute atomic E-state index is 0.0966. The van der Waals surface area contributed by atoms with E-state index in [1.165, 1.54) is 6.07 Å². The van der Waals surface area contributed by atoms with E-state index in [1.54, 1.807) is 30.2 Å². The number of hydrogen-bond acceptors (Lipinski definition) is 4. The number of carbonyl (C=O) groups is 1. The van der Waals surface area contributed by atoms with Gasteiger partial charge < -0.3 is 14.8 Å².